The monoisotopic (exact) mass is 382 g/mol. The average Bonchev–Trinajstić information content (AvgIpc) is 2.83. The highest BCUT2D eigenvalue weighted by Gasteiger charge is 2.28. The molecule has 2 aromatic rings. The smallest absolute Gasteiger partial charge is 0.261 e. The van der Waals surface area contributed by atoms with Crippen LogP contribution in [0.2, 0.25) is 0 Å². The topological polar surface area (TPSA) is 92.3 Å². The molecule has 1 aliphatic rings. The molecule has 0 bridgehead atoms. The summed E-state index contributed by atoms with van der Waals surface area (Å²) in [6, 6.07) is -0.172. The lowest BCUT2D eigenvalue weighted by Gasteiger charge is -2.31. The number of nitrogens with one attached hydrogen (secondary N) is 1. The zero-order valence-electron chi connectivity index (χ0n) is 14.8. The number of fused-ring (bicyclic) bond motifs is 1. The Labute approximate surface area is 151 Å². The zero-order valence-corrected chi connectivity index (χ0v) is 16.4. The van der Waals surface area contributed by atoms with Crippen molar-refractivity contribution < 1.29 is 13.2 Å². The van der Waals surface area contributed by atoms with Crippen LogP contribution in [0.15, 0.2) is 0 Å². The van der Waals surface area contributed by atoms with Crippen LogP contribution in [0.3, 0.4) is 0 Å². The highest BCUT2D eigenvalue weighted by molar-refractivity contribution is 7.88. The van der Waals surface area contributed by atoms with Crippen molar-refractivity contribution in [3.8, 4) is 0 Å². The molecule has 1 unspecified atom stereocenters. The minimum absolute atomic E-state index is 0.169. The summed E-state index contributed by atoms with van der Waals surface area (Å²) in [5.74, 6) is 0.521. The molecule has 9 heteroatoms. The van der Waals surface area contributed by atoms with Crippen LogP contribution in [0, 0.1) is 20.8 Å². The molecule has 1 aliphatic heterocycles. The summed E-state index contributed by atoms with van der Waals surface area (Å²) in [6.45, 7) is 6.50. The fourth-order valence-electron chi connectivity index (χ4n) is 3.30. The lowest BCUT2D eigenvalue weighted by atomic mass is 10.1. The molecule has 1 amide bonds. The van der Waals surface area contributed by atoms with Crippen LogP contribution in [0.1, 0.15) is 39.6 Å². The van der Waals surface area contributed by atoms with Crippen LogP contribution >= 0.6 is 11.3 Å². The number of rotatable bonds is 3. The van der Waals surface area contributed by atoms with Crippen molar-refractivity contribution in [3.05, 3.63) is 22.0 Å². The van der Waals surface area contributed by atoms with Gasteiger partial charge in [0.15, 0.2) is 0 Å². The van der Waals surface area contributed by atoms with Crippen molar-refractivity contribution in [3.63, 3.8) is 0 Å². The molecule has 0 spiro atoms. The molecule has 0 aliphatic carbocycles. The maximum absolute atomic E-state index is 12.7. The van der Waals surface area contributed by atoms with Crippen molar-refractivity contribution >= 4 is 37.5 Å². The summed E-state index contributed by atoms with van der Waals surface area (Å²) in [4.78, 5) is 23.0. The summed E-state index contributed by atoms with van der Waals surface area (Å²) in [6.07, 6.45) is 2.73. The lowest BCUT2D eigenvalue weighted by molar-refractivity contribution is 0.0925. The van der Waals surface area contributed by atoms with Gasteiger partial charge in [0, 0.05) is 30.2 Å². The summed E-state index contributed by atoms with van der Waals surface area (Å²) in [5.41, 5.74) is 1.75. The SMILES string of the molecule is Cc1nc(C)c2c(C)c(C(=O)NC3CCCN(S(C)(=O)=O)C3)sc2n1. The molecule has 3 rings (SSSR count). The normalized spacial score (nSPS) is 19.3. The molecule has 136 valence electrons. The first-order chi connectivity index (χ1) is 11.7. The van der Waals surface area contributed by atoms with E-state index in [1.165, 1.54) is 21.9 Å². The highest BCUT2D eigenvalue weighted by Crippen LogP contribution is 2.31. The second-order valence-electron chi connectivity index (χ2n) is 6.53. The van der Waals surface area contributed by atoms with Gasteiger partial charge < -0.3 is 5.32 Å². The molecule has 7 nitrogen and oxygen atoms in total. The third kappa shape index (κ3) is 3.68. The van der Waals surface area contributed by atoms with Gasteiger partial charge in [0.25, 0.3) is 5.91 Å². The van der Waals surface area contributed by atoms with E-state index >= 15 is 0 Å². The van der Waals surface area contributed by atoms with Gasteiger partial charge >= 0.3 is 0 Å². The molecule has 1 saturated heterocycles. The minimum Gasteiger partial charge on any atom is -0.347 e. The number of sulfonamides is 1. The van der Waals surface area contributed by atoms with Crippen molar-refractivity contribution in [1.29, 1.82) is 0 Å². The van der Waals surface area contributed by atoms with Crippen LogP contribution in [0.4, 0.5) is 0 Å². The number of amides is 1. The van der Waals surface area contributed by atoms with E-state index in [-0.39, 0.29) is 11.9 Å². The molecule has 1 N–H and O–H groups in total. The largest absolute Gasteiger partial charge is 0.347 e. The van der Waals surface area contributed by atoms with E-state index in [1.807, 2.05) is 20.8 Å². The number of piperidine rings is 1. The predicted molar refractivity (Wildman–Crippen MR) is 98.5 cm³/mol. The van der Waals surface area contributed by atoms with Crippen LogP contribution in [-0.4, -0.2) is 54.0 Å². The summed E-state index contributed by atoms with van der Waals surface area (Å²) >= 11 is 1.36. The Kier molecular flexibility index (Phi) is 4.82. The van der Waals surface area contributed by atoms with Crippen molar-refractivity contribution in [2.24, 2.45) is 0 Å². The highest BCUT2D eigenvalue weighted by atomic mass is 32.2. The van der Waals surface area contributed by atoms with Gasteiger partial charge in [0.2, 0.25) is 10.0 Å². The number of carbonyl (C=O) groups excluding carboxylic acids is 1. The molecule has 2 aromatic heterocycles. The fourth-order valence-corrected chi connectivity index (χ4v) is 5.39. The van der Waals surface area contributed by atoms with Crippen molar-refractivity contribution in [1.82, 2.24) is 19.6 Å². The number of hydrogen-bond acceptors (Lipinski definition) is 6. The van der Waals surface area contributed by atoms with Gasteiger partial charge in [-0.25, -0.2) is 22.7 Å². The minimum atomic E-state index is -3.23. The number of aryl methyl sites for hydroxylation is 3. The van der Waals surface area contributed by atoms with Crippen LogP contribution < -0.4 is 5.32 Å². The standard InChI is InChI=1S/C16H22N4O3S2/c1-9-13-10(2)17-11(3)18-16(13)24-14(9)15(21)19-12-6-5-7-20(8-12)25(4,22)23/h12H,5-8H2,1-4H3,(H,19,21). The number of aromatic nitrogens is 2. The first kappa shape index (κ1) is 18.2. The maximum Gasteiger partial charge on any atom is 0.261 e. The Balaban J connectivity index is 1.83. The van der Waals surface area contributed by atoms with Gasteiger partial charge in [-0.3, -0.25) is 4.79 Å². The summed E-state index contributed by atoms with van der Waals surface area (Å²) in [7, 11) is -3.23. The van der Waals surface area contributed by atoms with Gasteiger partial charge in [0.05, 0.1) is 11.1 Å². The van der Waals surface area contributed by atoms with Crippen LogP contribution in [-0.2, 0) is 10.0 Å². The molecule has 25 heavy (non-hydrogen) atoms. The fraction of sp³-hybridized carbons (Fsp3) is 0.562. The first-order valence-corrected chi connectivity index (χ1v) is 10.8. The predicted octanol–water partition coefficient (Wildman–Crippen LogP) is 1.77. The number of nitrogens with zero attached hydrogens (tertiary/aromatic N) is 3. The molecule has 0 radical (unpaired) electrons. The van der Waals surface area contributed by atoms with E-state index in [9.17, 15) is 13.2 Å². The van der Waals surface area contributed by atoms with Crippen LogP contribution in [0.25, 0.3) is 10.2 Å². The Morgan fingerprint density at radius 2 is 2.00 bits per heavy atom. The van der Waals surface area contributed by atoms with Gasteiger partial charge in [-0.1, -0.05) is 0 Å². The molecular weight excluding hydrogens is 360 g/mol. The lowest BCUT2D eigenvalue weighted by Crippen LogP contribution is -2.49. The van der Waals surface area contributed by atoms with Gasteiger partial charge in [-0.15, -0.1) is 11.3 Å². The van der Waals surface area contributed by atoms with Crippen molar-refractivity contribution in [2.75, 3.05) is 19.3 Å². The summed E-state index contributed by atoms with van der Waals surface area (Å²) < 4.78 is 24.9. The quantitative estimate of drug-likeness (QED) is 0.873. The number of thiophene rings is 1. The Morgan fingerprint density at radius 3 is 2.68 bits per heavy atom. The van der Waals surface area contributed by atoms with E-state index in [2.05, 4.69) is 15.3 Å². The third-order valence-corrected chi connectivity index (χ3v) is 6.93. The number of carbonyl (C=O) groups is 1. The number of hydrogen-bond donors (Lipinski definition) is 1. The first-order valence-electron chi connectivity index (χ1n) is 8.17. The van der Waals surface area contributed by atoms with E-state index in [1.54, 1.807) is 0 Å². The molecule has 0 aromatic carbocycles. The third-order valence-electron chi connectivity index (χ3n) is 4.48. The molecular formula is C16H22N4O3S2. The van der Waals surface area contributed by atoms with E-state index in [0.717, 1.165) is 34.3 Å². The van der Waals surface area contributed by atoms with E-state index < -0.39 is 10.0 Å². The van der Waals surface area contributed by atoms with Gasteiger partial charge in [-0.05, 0) is 39.2 Å². The second-order valence-corrected chi connectivity index (χ2v) is 9.51. The Bertz CT molecular complexity index is 936. The van der Waals surface area contributed by atoms with E-state index in [0.29, 0.717) is 23.8 Å². The van der Waals surface area contributed by atoms with Gasteiger partial charge in [0.1, 0.15) is 10.7 Å². The summed E-state index contributed by atoms with van der Waals surface area (Å²) in [5, 5.41) is 3.92. The molecule has 1 fully saturated rings. The second kappa shape index (κ2) is 6.62. The molecule has 3 heterocycles. The maximum atomic E-state index is 12.7. The van der Waals surface area contributed by atoms with E-state index in [4.69, 9.17) is 0 Å². The van der Waals surface area contributed by atoms with Crippen LogP contribution in [0.5, 0.6) is 0 Å². The zero-order chi connectivity index (χ0) is 18.4. The van der Waals surface area contributed by atoms with Crippen molar-refractivity contribution in [2.45, 2.75) is 39.7 Å². The Hall–Kier alpha value is -1.58. The Morgan fingerprint density at radius 1 is 1.28 bits per heavy atom. The average molecular weight is 383 g/mol. The molecule has 1 atom stereocenters. The van der Waals surface area contributed by atoms with Gasteiger partial charge in [-0.2, -0.15) is 0 Å². The molecule has 0 saturated carbocycles.